The molecule has 0 atom stereocenters. The van der Waals surface area contributed by atoms with Gasteiger partial charge in [0.15, 0.2) is 0 Å². The Morgan fingerprint density at radius 3 is 2.31 bits per heavy atom. The molecule has 0 bridgehead atoms. The number of hydrogen-bond acceptors (Lipinski definition) is 4. The van der Waals surface area contributed by atoms with Crippen molar-refractivity contribution in [3.8, 4) is 11.3 Å². The maximum absolute atomic E-state index is 11.9. The molecule has 3 aromatic rings. The molecular weight excluding hydrogens is 549 g/mol. The molecule has 6 rings (SSSR count). The minimum atomic E-state index is -0.801. The summed E-state index contributed by atoms with van der Waals surface area (Å²) in [5, 5.41) is 9.82. The molecule has 1 aliphatic carbocycles. The van der Waals surface area contributed by atoms with Crippen molar-refractivity contribution in [2.45, 2.75) is 83.6 Å². The van der Waals surface area contributed by atoms with Crippen LogP contribution in [0.15, 0.2) is 24.3 Å². The molecule has 0 amide bonds. The van der Waals surface area contributed by atoms with E-state index in [9.17, 15) is 9.90 Å². The highest BCUT2D eigenvalue weighted by Gasteiger charge is 2.32. The number of carbonyl (C=O) groups is 1. The van der Waals surface area contributed by atoms with Gasteiger partial charge in [-0.2, -0.15) is 0 Å². The van der Waals surface area contributed by atoms with Crippen LogP contribution in [0.2, 0.25) is 0 Å². The highest BCUT2D eigenvalue weighted by atomic mass is 35.5. The number of aryl methyl sites for hydroxylation is 1. The van der Waals surface area contributed by atoms with E-state index in [0.717, 1.165) is 31.7 Å². The monoisotopic (exact) mass is 591 g/mol. The van der Waals surface area contributed by atoms with E-state index in [4.69, 9.17) is 0 Å². The van der Waals surface area contributed by atoms with E-state index in [1.165, 1.54) is 121 Å². The molecule has 8 heteroatoms. The zero-order chi connectivity index (χ0) is 25.4. The first-order valence-electron chi connectivity index (χ1n) is 14.6. The summed E-state index contributed by atoms with van der Waals surface area (Å²) in [6.07, 6.45) is 13.1. The van der Waals surface area contributed by atoms with Crippen LogP contribution in [0.5, 0.6) is 0 Å². The average molecular weight is 593 g/mol. The molecule has 2 fully saturated rings. The van der Waals surface area contributed by atoms with Crippen molar-refractivity contribution < 1.29 is 9.90 Å². The first-order chi connectivity index (χ1) is 18.1. The normalized spacial score (nSPS) is 18.7. The predicted molar refractivity (Wildman–Crippen MR) is 169 cm³/mol. The van der Waals surface area contributed by atoms with E-state index < -0.39 is 5.97 Å². The minimum Gasteiger partial charge on any atom is -0.477 e. The molecule has 1 N–H and O–H groups in total. The SMILES string of the molecule is Cc1ccc2c(c1)N(CCN1CCCCCCC1)CCn1c-2c(C2CCCCC2)c2sc(C(=O)O)cc21.Cl.Cl. The highest BCUT2D eigenvalue weighted by molar-refractivity contribution is 7.21. The Bertz CT molecular complexity index is 1270. The van der Waals surface area contributed by atoms with Crippen LogP contribution in [0.1, 0.15) is 90.9 Å². The number of benzene rings is 1. The van der Waals surface area contributed by atoms with Gasteiger partial charge < -0.3 is 19.5 Å². The van der Waals surface area contributed by atoms with E-state index in [2.05, 4.69) is 39.5 Å². The van der Waals surface area contributed by atoms with Gasteiger partial charge in [-0.25, -0.2) is 4.79 Å². The van der Waals surface area contributed by atoms with Crippen LogP contribution in [0.25, 0.3) is 21.5 Å². The van der Waals surface area contributed by atoms with Crippen LogP contribution < -0.4 is 4.90 Å². The van der Waals surface area contributed by atoms with Gasteiger partial charge in [-0.1, -0.05) is 50.7 Å². The number of carboxylic acids is 1. The lowest BCUT2D eigenvalue weighted by molar-refractivity contribution is 0.0702. The van der Waals surface area contributed by atoms with Crippen LogP contribution in [0.4, 0.5) is 5.69 Å². The molecule has 1 saturated carbocycles. The summed E-state index contributed by atoms with van der Waals surface area (Å²) in [6, 6.07) is 8.95. The van der Waals surface area contributed by atoms with E-state index in [1.807, 2.05) is 6.07 Å². The van der Waals surface area contributed by atoms with Crippen LogP contribution >= 0.6 is 36.2 Å². The number of thiophene rings is 1. The Labute approximate surface area is 249 Å². The van der Waals surface area contributed by atoms with Gasteiger partial charge in [-0.15, -0.1) is 36.2 Å². The van der Waals surface area contributed by atoms with Gasteiger partial charge in [0.1, 0.15) is 4.88 Å². The number of likely N-dealkylation sites (tertiary alicyclic amines) is 1. The van der Waals surface area contributed by atoms with Gasteiger partial charge in [0.25, 0.3) is 0 Å². The van der Waals surface area contributed by atoms with Crippen LogP contribution in [-0.4, -0.2) is 53.3 Å². The largest absolute Gasteiger partial charge is 0.477 e. The fourth-order valence-corrected chi connectivity index (χ4v) is 8.15. The summed E-state index contributed by atoms with van der Waals surface area (Å²) in [4.78, 5) is 17.7. The maximum Gasteiger partial charge on any atom is 0.345 e. The Morgan fingerprint density at radius 1 is 0.897 bits per heavy atom. The number of carboxylic acid groups (broad SMARTS) is 1. The molecule has 1 aromatic carbocycles. The molecule has 214 valence electrons. The Kier molecular flexibility index (Phi) is 10.3. The van der Waals surface area contributed by atoms with E-state index >= 15 is 0 Å². The lowest BCUT2D eigenvalue weighted by Crippen LogP contribution is -2.37. The zero-order valence-corrected chi connectivity index (χ0v) is 25.6. The number of aromatic nitrogens is 1. The van der Waals surface area contributed by atoms with Gasteiger partial charge in [0.2, 0.25) is 0 Å². The molecule has 0 spiro atoms. The third kappa shape index (κ3) is 6.14. The van der Waals surface area contributed by atoms with Crippen molar-refractivity contribution in [3.63, 3.8) is 0 Å². The number of fused-ring (bicyclic) bond motifs is 5. The highest BCUT2D eigenvalue weighted by Crippen LogP contribution is 2.49. The molecule has 3 aliphatic rings. The van der Waals surface area contributed by atoms with Gasteiger partial charge in [0.05, 0.1) is 15.9 Å². The fourth-order valence-electron chi connectivity index (χ4n) is 7.02. The summed E-state index contributed by atoms with van der Waals surface area (Å²) >= 11 is 1.50. The molecule has 2 aliphatic heterocycles. The van der Waals surface area contributed by atoms with Crippen molar-refractivity contribution in [2.75, 3.05) is 37.6 Å². The summed E-state index contributed by atoms with van der Waals surface area (Å²) < 4.78 is 3.70. The van der Waals surface area contributed by atoms with Gasteiger partial charge in [-0.05, 0) is 74.9 Å². The second-order valence-electron chi connectivity index (χ2n) is 11.5. The average Bonchev–Trinajstić information content (AvgIpc) is 3.39. The van der Waals surface area contributed by atoms with Crippen molar-refractivity contribution in [3.05, 3.63) is 40.3 Å². The van der Waals surface area contributed by atoms with Crippen LogP contribution in [0, 0.1) is 6.92 Å². The molecular formula is C31H43Cl2N3O2S. The van der Waals surface area contributed by atoms with Crippen molar-refractivity contribution in [1.82, 2.24) is 9.47 Å². The smallest absolute Gasteiger partial charge is 0.345 e. The first-order valence-corrected chi connectivity index (χ1v) is 15.4. The number of aromatic carboxylic acids is 1. The number of halogens is 2. The standard InChI is InChI=1S/C31H41N3O2S.2ClH/c1-22-12-13-24-25(20-22)33(17-16-32-14-8-3-2-4-9-15-32)18-19-34-26-21-27(31(35)36)37-30(26)28(29(24)34)23-10-6-5-7-11-23;;/h12-13,20-21,23H,2-11,14-19H2,1H3,(H,35,36);2*1H. The number of nitrogens with zero attached hydrogens (tertiary/aromatic N) is 3. The summed E-state index contributed by atoms with van der Waals surface area (Å²) in [5.41, 5.74) is 7.96. The molecule has 0 radical (unpaired) electrons. The molecule has 0 unspecified atom stereocenters. The Hall–Kier alpha value is -1.73. The van der Waals surface area contributed by atoms with Crippen molar-refractivity contribution in [2.24, 2.45) is 0 Å². The molecule has 39 heavy (non-hydrogen) atoms. The Morgan fingerprint density at radius 2 is 1.59 bits per heavy atom. The van der Waals surface area contributed by atoms with Crippen molar-refractivity contribution in [1.29, 1.82) is 0 Å². The summed E-state index contributed by atoms with van der Waals surface area (Å²) in [6.45, 7) is 8.70. The minimum absolute atomic E-state index is 0. The third-order valence-corrected chi connectivity index (χ3v) is 10.1. The lowest BCUT2D eigenvalue weighted by atomic mass is 9.83. The summed E-state index contributed by atoms with van der Waals surface area (Å²) in [7, 11) is 0. The van der Waals surface area contributed by atoms with Crippen LogP contribution in [-0.2, 0) is 6.54 Å². The quantitative estimate of drug-likeness (QED) is 0.324. The molecule has 5 nitrogen and oxygen atoms in total. The van der Waals surface area contributed by atoms with E-state index in [1.54, 1.807) is 0 Å². The number of rotatable bonds is 5. The lowest BCUT2D eigenvalue weighted by Gasteiger charge is -2.30. The topological polar surface area (TPSA) is 48.7 Å². The zero-order valence-electron chi connectivity index (χ0n) is 23.1. The molecule has 2 aromatic heterocycles. The first kappa shape index (κ1) is 30.2. The predicted octanol–water partition coefficient (Wildman–Crippen LogP) is 8.35. The maximum atomic E-state index is 11.9. The number of hydrogen-bond donors (Lipinski definition) is 1. The van der Waals surface area contributed by atoms with E-state index in [0.29, 0.717) is 10.8 Å². The molecule has 1 saturated heterocycles. The fraction of sp³-hybridized carbons (Fsp3) is 0.581. The van der Waals surface area contributed by atoms with Gasteiger partial charge in [-0.3, -0.25) is 0 Å². The summed E-state index contributed by atoms with van der Waals surface area (Å²) in [5.74, 6) is -0.279. The van der Waals surface area contributed by atoms with Gasteiger partial charge >= 0.3 is 5.97 Å². The second kappa shape index (κ2) is 13.3. The Balaban J connectivity index is 0.00000176. The van der Waals surface area contributed by atoms with Gasteiger partial charge in [0, 0.05) is 37.4 Å². The number of anilines is 1. The van der Waals surface area contributed by atoms with Crippen molar-refractivity contribution >= 4 is 58.0 Å². The van der Waals surface area contributed by atoms with E-state index in [-0.39, 0.29) is 24.8 Å². The third-order valence-electron chi connectivity index (χ3n) is 8.97. The van der Waals surface area contributed by atoms with Crippen LogP contribution in [0.3, 0.4) is 0 Å². The molecule has 4 heterocycles. The second-order valence-corrected chi connectivity index (χ2v) is 12.5.